The number of hydrogen-bond donors (Lipinski definition) is 2. The van der Waals surface area contributed by atoms with Crippen molar-refractivity contribution in [1.82, 2.24) is 5.43 Å². The van der Waals surface area contributed by atoms with Crippen molar-refractivity contribution in [3.8, 4) is 0 Å². The lowest BCUT2D eigenvalue weighted by atomic mass is 9.68. The molecule has 2 rings (SSSR count). The summed E-state index contributed by atoms with van der Waals surface area (Å²) in [7, 11) is 0. The Balaban J connectivity index is 1.91. The Morgan fingerprint density at radius 3 is 1.89 bits per heavy atom. The fraction of sp³-hybridized carbons (Fsp3) is 1.00. The van der Waals surface area contributed by atoms with Crippen molar-refractivity contribution in [3.05, 3.63) is 0 Å². The van der Waals surface area contributed by atoms with Gasteiger partial charge in [-0.05, 0) is 55.8 Å². The van der Waals surface area contributed by atoms with E-state index in [0.29, 0.717) is 11.5 Å². The van der Waals surface area contributed by atoms with Gasteiger partial charge in [-0.1, -0.05) is 39.5 Å². The molecule has 3 N–H and O–H groups in total. The van der Waals surface area contributed by atoms with E-state index in [9.17, 15) is 0 Å². The Morgan fingerprint density at radius 1 is 0.889 bits per heavy atom. The molecule has 0 saturated heterocycles. The molecule has 0 aromatic rings. The molecule has 1 atom stereocenters. The van der Waals surface area contributed by atoms with Crippen LogP contribution in [-0.4, -0.2) is 6.04 Å². The van der Waals surface area contributed by atoms with Gasteiger partial charge in [-0.25, -0.2) is 0 Å². The number of nitrogens with one attached hydrogen (secondary N) is 1. The molecule has 0 amide bonds. The number of nitrogens with two attached hydrogens (primary N) is 1. The molecule has 2 saturated carbocycles. The molecule has 106 valence electrons. The van der Waals surface area contributed by atoms with Gasteiger partial charge in [-0.15, -0.1) is 0 Å². The highest BCUT2D eigenvalue weighted by atomic mass is 15.2. The Morgan fingerprint density at radius 2 is 1.39 bits per heavy atom. The Kier molecular flexibility index (Phi) is 5.08. The second kappa shape index (κ2) is 6.38. The summed E-state index contributed by atoms with van der Waals surface area (Å²) in [5.41, 5.74) is 3.77. The molecule has 0 bridgehead atoms. The number of hydrazine groups is 1. The molecular formula is C16H32N2. The average molecular weight is 252 g/mol. The van der Waals surface area contributed by atoms with Crippen LogP contribution in [0.3, 0.4) is 0 Å². The fourth-order valence-electron chi connectivity index (χ4n) is 4.11. The summed E-state index contributed by atoms with van der Waals surface area (Å²) in [6, 6.07) is 0.583. The van der Waals surface area contributed by atoms with E-state index in [2.05, 4.69) is 19.3 Å². The van der Waals surface area contributed by atoms with Crippen LogP contribution in [0.5, 0.6) is 0 Å². The van der Waals surface area contributed by atoms with Crippen LogP contribution >= 0.6 is 0 Å². The van der Waals surface area contributed by atoms with Crippen LogP contribution in [0.15, 0.2) is 0 Å². The van der Waals surface area contributed by atoms with Gasteiger partial charge in [0.1, 0.15) is 0 Å². The average Bonchev–Trinajstić information content (AvgIpc) is 2.61. The first kappa shape index (κ1) is 14.3. The van der Waals surface area contributed by atoms with Gasteiger partial charge in [0.2, 0.25) is 0 Å². The van der Waals surface area contributed by atoms with Crippen LogP contribution in [0, 0.1) is 17.3 Å². The molecule has 1 unspecified atom stereocenters. The van der Waals surface area contributed by atoms with Gasteiger partial charge in [0, 0.05) is 6.04 Å². The summed E-state index contributed by atoms with van der Waals surface area (Å²) in [5, 5.41) is 0. The molecular weight excluding hydrogens is 220 g/mol. The first-order chi connectivity index (χ1) is 8.62. The summed E-state index contributed by atoms with van der Waals surface area (Å²) in [5.74, 6) is 7.56. The maximum atomic E-state index is 5.90. The Hall–Kier alpha value is -0.0800. The van der Waals surface area contributed by atoms with E-state index in [1.165, 1.54) is 64.2 Å². The van der Waals surface area contributed by atoms with E-state index in [1.54, 1.807) is 0 Å². The summed E-state index contributed by atoms with van der Waals surface area (Å²) >= 11 is 0. The van der Waals surface area contributed by atoms with E-state index < -0.39 is 0 Å². The van der Waals surface area contributed by atoms with Gasteiger partial charge in [0.05, 0.1) is 0 Å². The lowest BCUT2D eigenvalue weighted by Gasteiger charge is -2.40. The first-order valence-electron chi connectivity index (χ1n) is 8.08. The highest BCUT2D eigenvalue weighted by Gasteiger charge is 2.34. The zero-order chi connectivity index (χ0) is 13.0. The van der Waals surface area contributed by atoms with E-state index >= 15 is 0 Å². The summed E-state index contributed by atoms with van der Waals surface area (Å²) in [4.78, 5) is 0. The molecule has 0 aromatic heterocycles. The molecule has 0 heterocycles. The van der Waals surface area contributed by atoms with Gasteiger partial charge in [0.15, 0.2) is 0 Å². The molecule has 2 heteroatoms. The largest absolute Gasteiger partial charge is 0.271 e. The molecule has 0 spiro atoms. The maximum absolute atomic E-state index is 5.90. The summed E-state index contributed by atoms with van der Waals surface area (Å²) in [6.07, 6.45) is 14.0. The lowest BCUT2D eigenvalue weighted by Crippen LogP contribution is -2.47. The van der Waals surface area contributed by atoms with Gasteiger partial charge in [-0.2, -0.15) is 0 Å². The normalized spacial score (nSPS) is 28.8. The van der Waals surface area contributed by atoms with Crippen LogP contribution in [0.25, 0.3) is 0 Å². The highest BCUT2D eigenvalue weighted by molar-refractivity contribution is 4.88. The molecule has 0 radical (unpaired) electrons. The van der Waals surface area contributed by atoms with Crippen molar-refractivity contribution >= 4 is 0 Å². The SMILES string of the molecule is CC1(C)CCC(C(NN)C2CCCCCC2)CC1. The smallest absolute Gasteiger partial charge is 0.0267 e. The second-order valence-corrected chi connectivity index (χ2v) is 7.45. The molecule has 0 aromatic carbocycles. The molecule has 2 aliphatic rings. The third-order valence-electron chi connectivity index (χ3n) is 5.49. The van der Waals surface area contributed by atoms with Crippen LogP contribution in [0.1, 0.15) is 78.1 Å². The van der Waals surface area contributed by atoms with Gasteiger partial charge < -0.3 is 0 Å². The van der Waals surface area contributed by atoms with E-state index in [4.69, 9.17) is 5.84 Å². The molecule has 2 nitrogen and oxygen atoms in total. The highest BCUT2D eigenvalue weighted by Crippen LogP contribution is 2.41. The van der Waals surface area contributed by atoms with Crippen molar-refractivity contribution in [2.24, 2.45) is 23.1 Å². The summed E-state index contributed by atoms with van der Waals surface area (Å²) < 4.78 is 0. The van der Waals surface area contributed by atoms with Gasteiger partial charge in [0.25, 0.3) is 0 Å². The van der Waals surface area contributed by atoms with Crippen molar-refractivity contribution in [1.29, 1.82) is 0 Å². The predicted molar refractivity (Wildman–Crippen MR) is 78.0 cm³/mol. The van der Waals surface area contributed by atoms with Crippen LogP contribution in [0.4, 0.5) is 0 Å². The minimum atomic E-state index is 0.569. The molecule has 2 fully saturated rings. The fourth-order valence-corrected chi connectivity index (χ4v) is 4.11. The van der Waals surface area contributed by atoms with Crippen molar-refractivity contribution in [3.63, 3.8) is 0 Å². The molecule has 0 aliphatic heterocycles. The van der Waals surface area contributed by atoms with Gasteiger partial charge >= 0.3 is 0 Å². The maximum Gasteiger partial charge on any atom is 0.0267 e. The lowest BCUT2D eigenvalue weighted by molar-refractivity contribution is 0.130. The van der Waals surface area contributed by atoms with Crippen molar-refractivity contribution < 1.29 is 0 Å². The van der Waals surface area contributed by atoms with Crippen molar-refractivity contribution in [2.45, 2.75) is 84.1 Å². The van der Waals surface area contributed by atoms with Crippen LogP contribution in [-0.2, 0) is 0 Å². The van der Waals surface area contributed by atoms with E-state index in [1.807, 2.05) is 0 Å². The van der Waals surface area contributed by atoms with Crippen LogP contribution in [0.2, 0.25) is 0 Å². The second-order valence-electron chi connectivity index (χ2n) is 7.45. The standard InChI is InChI=1S/C16H32N2/c1-16(2)11-9-14(10-12-16)15(18-17)13-7-5-3-4-6-8-13/h13-15,18H,3-12,17H2,1-2H3. The zero-order valence-electron chi connectivity index (χ0n) is 12.4. The third-order valence-corrected chi connectivity index (χ3v) is 5.49. The van der Waals surface area contributed by atoms with E-state index in [-0.39, 0.29) is 0 Å². The number of rotatable bonds is 3. The first-order valence-corrected chi connectivity index (χ1v) is 8.08. The molecule has 18 heavy (non-hydrogen) atoms. The predicted octanol–water partition coefficient (Wildman–Crippen LogP) is 4.01. The minimum absolute atomic E-state index is 0.569. The number of hydrogen-bond acceptors (Lipinski definition) is 2. The molecule has 2 aliphatic carbocycles. The van der Waals surface area contributed by atoms with Gasteiger partial charge in [-0.3, -0.25) is 11.3 Å². The third kappa shape index (κ3) is 3.71. The monoisotopic (exact) mass is 252 g/mol. The summed E-state index contributed by atoms with van der Waals surface area (Å²) in [6.45, 7) is 4.83. The Labute approximate surface area is 113 Å². The van der Waals surface area contributed by atoms with Crippen molar-refractivity contribution in [2.75, 3.05) is 0 Å². The zero-order valence-corrected chi connectivity index (χ0v) is 12.4. The van der Waals surface area contributed by atoms with E-state index in [0.717, 1.165) is 11.8 Å². The quantitative estimate of drug-likeness (QED) is 0.452. The Bertz CT molecular complexity index is 231. The van der Waals surface area contributed by atoms with Crippen LogP contribution < -0.4 is 11.3 Å². The minimum Gasteiger partial charge on any atom is -0.271 e. The topological polar surface area (TPSA) is 38.0 Å².